The molecule has 0 aromatic heterocycles. The van der Waals surface area contributed by atoms with Gasteiger partial charge in [0.25, 0.3) is 0 Å². The maximum atomic E-state index is 12.9. The molecule has 0 saturated carbocycles. The number of amides is 2. The third-order valence-electron chi connectivity index (χ3n) is 3.45. The molecule has 0 fully saturated rings. The largest absolute Gasteiger partial charge is 0.495 e. The number of nitrogens with one attached hydrogen (secondary N) is 2. The highest BCUT2D eigenvalue weighted by Crippen LogP contribution is 2.31. The van der Waals surface area contributed by atoms with Crippen LogP contribution in [0.5, 0.6) is 5.75 Å². The molecule has 0 bridgehead atoms. The van der Waals surface area contributed by atoms with Gasteiger partial charge in [-0.1, -0.05) is 24.3 Å². The minimum absolute atomic E-state index is 0.244. The van der Waals surface area contributed by atoms with Crippen molar-refractivity contribution in [2.45, 2.75) is 13.1 Å². The topological polar surface area (TPSA) is 79.8 Å². The van der Waals surface area contributed by atoms with E-state index in [1.165, 1.54) is 25.3 Å². The summed E-state index contributed by atoms with van der Waals surface area (Å²) in [7, 11) is 1.41. The van der Waals surface area contributed by atoms with Crippen molar-refractivity contribution in [2.24, 2.45) is 5.10 Å². The summed E-state index contributed by atoms with van der Waals surface area (Å²) in [6, 6.07) is 9.70. The summed E-state index contributed by atoms with van der Waals surface area (Å²) in [4.78, 5) is 23.7. The Kier molecular flexibility index (Phi) is 6.17. The lowest BCUT2D eigenvalue weighted by Gasteiger charge is -2.10. The second kappa shape index (κ2) is 8.35. The molecular formula is C18H16F3N3O3. The van der Waals surface area contributed by atoms with Crippen LogP contribution in [0.4, 0.5) is 18.9 Å². The molecule has 0 unspecified atom stereocenters. The van der Waals surface area contributed by atoms with Crippen molar-refractivity contribution >= 4 is 23.7 Å². The van der Waals surface area contributed by atoms with Crippen LogP contribution in [-0.4, -0.2) is 25.1 Å². The van der Waals surface area contributed by atoms with Gasteiger partial charge in [-0.05, 0) is 30.7 Å². The first-order valence-corrected chi connectivity index (χ1v) is 7.67. The molecule has 0 aliphatic rings. The SMILES string of the molecule is COc1ccc(C)cc1NC(=O)C(=O)N/N=C/c1ccccc1C(F)(F)F. The lowest BCUT2D eigenvalue weighted by atomic mass is 10.1. The Hall–Kier alpha value is -3.36. The number of carbonyl (C=O) groups is 2. The number of rotatable bonds is 4. The number of alkyl halides is 3. The molecule has 2 aromatic rings. The van der Waals surface area contributed by atoms with E-state index >= 15 is 0 Å². The van der Waals surface area contributed by atoms with Crippen molar-refractivity contribution in [1.82, 2.24) is 5.43 Å². The van der Waals surface area contributed by atoms with Gasteiger partial charge < -0.3 is 10.1 Å². The van der Waals surface area contributed by atoms with Gasteiger partial charge in [0, 0.05) is 5.56 Å². The molecule has 9 heteroatoms. The molecule has 0 saturated heterocycles. The number of benzene rings is 2. The van der Waals surface area contributed by atoms with Crippen LogP contribution < -0.4 is 15.5 Å². The summed E-state index contributed by atoms with van der Waals surface area (Å²) < 4.78 is 43.7. The zero-order valence-corrected chi connectivity index (χ0v) is 14.4. The smallest absolute Gasteiger partial charge is 0.417 e. The molecule has 2 N–H and O–H groups in total. The molecule has 6 nitrogen and oxygen atoms in total. The average molecular weight is 379 g/mol. The lowest BCUT2D eigenvalue weighted by molar-refractivity contribution is -0.137. The Bertz CT molecular complexity index is 880. The van der Waals surface area contributed by atoms with Crippen LogP contribution in [0.25, 0.3) is 0 Å². The predicted molar refractivity (Wildman–Crippen MR) is 93.5 cm³/mol. The fourth-order valence-corrected chi connectivity index (χ4v) is 2.18. The van der Waals surface area contributed by atoms with Gasteiger partial charge in [-0.25, -0.2) is 5.43 Å². The second-order valence-electron chi connectivity index (χ2n) is 5.44. The summed E-state index contributed by atoms with van der Waals surface area (Å²) >= 11 is 0. The van der Waals surface area contributed by atoms with Crippen LogP contribution in [0.3, 0.4) is 0 Å². The van der Waals surface area contributed by atoms with Crippen molar-refractivity contribution in [1.29, 1.82) is 0 Å². The third-order valence-corrected chi connectivity index (χ3v) is 3.45. The van der Waals surface area contributed by atoms with Crippen molar-refractivity contribution in [2.75, 3.05) is 12.4 Å². The van der Waals surface area contributed by atoms with Gasteiger partial charge in [0.2, 0.25) is 0 Å². The molecule has 0 spiro atoms. The zero-order chi connectivity index (χ0) is 20.0. The van der Waals surface area contributed by atoms with E-state index in [2.05, 4.69) is 10.4 Å². The van der Waals surface area contributed by atoms with Crippen LogP contribution in [-0.2, 0) is 15.8 Å². The van der Waals surface area contributed by atoms with Crippen molar-refractivity contribution in [3.8, 4) is 5.75 Å². The molecule has 0 radical (unpaired) electrons. The molecule has 0 atom stereocenters. The first-order chi connectivity index (χ1) is 12.7. The first kappa shape index (κ1) is 20.0. The van der Waals surface area contributed by atoms with E-state index in [1.54, 1.807) is 25.1 Å². The molecule has 0 aliphatic heterocycles. The second-order valence-corrected chi connectivity index (χ2v) is 5.44. The molecule has 0 aliphatic carbocycles. The van der Waals surface area contributed by atoms with E-state index in [0.717, 1.165) is 17.8 Å². The number of hydrazone groups is 1. The van der Waals surface area contributed by atoms with Gasteiger partial charge >= 0.3 is 18.0 Å². The summed E-state index contributed by atoms with van der Waals surface area (Å²) in [5.74, 6) is -1.83. The Labute approximate surface area is 153 Å². The standard InChI is InChI=1S/C18H16F3N3O3/c1-11-7-8-15(27-2)14(9-11)23-16(25)17(26)24-22-10-12-5-3-4-6-13(12)18(19,20)21/h3-10H,1-2H3,(H,23,25)(H,24,26)/b22-10+. The highest BCUT2D eigenvalue weighted by Gasteiger charge is 2.32. The van der Waals surface area contributed by atoms with E-state index in [1.807, 2.05) is 5.43 Å². The minimum atomic E-state index is -4.56. The van der Waals surface area contributed by atoms with Crippen LogP contribution >= 0.6 is 0 Å². The highest BCUT2D eigenvalue weighted by molar-refractivity contribution is 6.39. The van der Waals surface area contributed by atoms with E-state index < -0.39 is 23.6 Å². The molecule has 2 amide bonds. The average Bonchev–Trinajstić information content (AvgIpc) is 2.61. The van der Waals surface area contributed by atoms with Crippen molar-refractivity contribution in [3.63, 3.8) is 0 Å². The van der Waals surface area contributed by atoms with Gasteiger partial charge in [0.1, 0.15) is 5.75 Å². The van der Waals surface area contributed by atoms with Gasteiger partial charge in [-0.15, -0.1) is 0 Å². The van der Waals surface area contributed by atoms with Crippen molar-refractivity contribution in [3.05, 3.63) is 59.2 Å². The minimum Gasteiger partial charge on any atom is -0.495 e. The Morgan fingerprint density at radius 3 is 2.48 bits per heavy atom. The fraction of sp³-hybridized carbons (Fsp3) is 0.167. The predicted octanol–water partition coefficient (Wildman–Crippen LogP) is 3.11. The third kappa shape index (κ3) is 5.30. The summed E-state index contributed by atoms with van der Waals surface area (Å²) in [5, 5.41) is 5.78. The molecule has 27 heavy (non-hydrogen) atoms. The van der Waals surface area contributed by atoms with Gasteiger partial charge in [0.15, 0.2) is 0 Å². The molecule has 2 rings (SSSR count). The number of ether oxygens (including phenoxy) is 1. The Morgan fingerprint density at radius 1 is 1.11 bits per heavy atom. The quantitative estimate of drug-likeness (QED) is 0.487. The van der Waals surface area contributed by atoms with Crippen LogP contribution in [0.2, 0.25) is 0 Å². The number of aryl methyl sites for hydroxylation is 1. The van der Waals surface area contributed by atoms with Crippen molar-refractivity contribution < 1.29 is 27.5 Å². The van der Waals surface area contributed by atoms with E-state index in [4.69, 9.17) is 4.74 Å². The number of anilines is 1. The number of halogens is 3. The molecule has 0 heterocycles. The summed E-state index contributed by atoms with van der Waals surface area (Å²) in [6.07, 6.45) is -3.74. The first-order valence-electron chi connectivity index (χ1n) is 7.67. The molecule has 142 valence electrons. The highest BCUT2D eigenvalue weighted by atomic mass is 19.4. The van der Waals surface area contributed by atoms with Crippen LogP contribution in [0.15, 0.2) is 47.6 Å². The van der Waals surface area contributed by atoms with Crippen LogP contribution in [0.1, 0.15) is 16.7 Å². The number of carbonyl (C=O) groups excluding carboxylic acids is 2. The van der Waals surface area contributed by atoms with E-state index in [0.29, 0.717) is 5.75 Å². The number of hydrogen-bond acceptors (Lipinski definition) is 4. The zero-order valence-electron chi connectivity index (χ0n) is 14.4. The van der Waals surface area contributed by atoms with Gasteiger partial charge in [0.05, 0.1) is 24.6 Å². The normalized spacial score (nSPS) is 11.3. The van der Waals surface area contributed by atoms with Crippen LogP contribution in [0, 0.1) is 6.92 Å². The maximum Gasteiger partial charge on any atom is 0.417 e. The van der Waals surface area contributed by atoms with Gasteiger partial charge in [-0.2, -0.15) is 18.3 Å². The Morgan fingerprint density at radius 2 is 1.81 bits per heavy atom. The van der Waals surface area contributed by atoms with E-state index in [-0.39, 0.29) is 11.3 Å². The monoisotopic (exact) mass is 379 g/mol. The Balaban J connectivity index is 2.05. The lowest BCUT2D eigenvalue weighted by Crippen LogP contribution is -2.32. The summed E-state index contributed by atoms with van der Waals surface area (Å²) in [5.41, 5.74) is 1.85. The maximum absolute atomic E-state index is 12.9. The molecule has 2 aromatic carbocycles. The number of nitrogens with zero attached hydrogens (tertiary/aromatic N) is 1. The molecular weight excluding hydrogens is 363 g/mol. The number of methoxy groups -OCH3 is 1. The van der Waals surface area contributed by atoms with E-state index in [9.17, 15) is 22.8 Å². The van der Waals surface area contributed by atoms with Gasteiger partial charge in [-0.3, -0.25) is 9.59 Å². The number of hydrogen-bond donors (Lipinski definition) is 2. The summed E-state index contributed by atoms with van der Waals surface area (Å²) in [6.45, 7) is 1.79. The fourth-order valence-electron chi connectivity index (χ4n) is 2.18.